The molecule has 176 valence electrons. The van der Waals surface area contributed by atoms with E-state index in [9.17, 15) is 14.4 Å². The SMILES string of the molecule is CCN(CC)c1ccc2c(c1)OC(=O)C(CCOC(=O)NCc1ccc(C(=O)O)cc1)C2C. The van der Waals surface area contributed by atoms with Crippen LogP contribution >= 0.6 is 0 Å². The first-order valence-corrected chi connectivity index (χ1v) is 11.2. The molecule has 8 nitrogen and oxygen atoms in total. The molecule has 3 rings (SSSR count). The fourth-order valence-electron chi connectivity index (χ4n) is 4.01. The van der Waals surface area contributed by atoms with Crippen LogP contribution in [0.1, 0.15) is 54.6 Å². The number of carboxylic acid groups (broad SMARTS) is 1. The van der Waals surface area contributed by atoms with Gasteiger partial charge in [-0.2, -0.15) is 0 Å². The van der Waals surface area contributed by atoms with Crippen LogP contribution in [0.25, 0.3) is 0 Å². The van der Waals surface area contributed by atoms with Crippen molar-refractivity contribution < 1.29 is 29.0 Å². The summed E-state index contributed by atoms with van der Waals surface area (Å²) < 4.78 is 10.9. The zero-order chi connectivity index (χ0) is 24.0. The number of nitrogens with zero attached hydrogens (tertiary/aromatic N) is 1. The van der Waals surface area contributed by atoms with Gasteiger partial charge in [0.25, 0.3) is 0 Å². The number of esters is 1. The van der Waals surface area contributed by atoms with Crippen molar-refractivity contribution in [3.05, 3.63) is 59.2 Å². The quantitative estimate of drug-likeness (QED) is 0.432. The molecule has 33 heavy (non-hydrogen) atoms. The zero-order valence-corrected chi connectivity index (χ0v) is 19.2. The van der Waals surface area contributed by atoms with Gasteiger partial charge < -0.3 is 24.8 Å². The highest BCUT2D eigenvalue weighted by molar-refractivity contribution is 5.87. The molecule has 0 aliphatic carbocycles. The van der Waals surface area contributed by atoms with Crippen molar-refractivity contribution in [1.82, 2.24) is 5.32 Å². The van der Waals surface area contributed by atoms with Gasteiger partial charge in [-0.1, -0.05) is 25.1 Å². The van der Waals surface area contributed by atoms with Gasteiger partial charge in [-0.3, -0.25) is 4.79 Å². The van der Waals surface area contributed by atoms with Gasteiger partial charge in [0.05, 0.1) is 18.1 Å². The van der Waals surface area contributed by atoms with Crippen LogP contribution in [0, 0.1) is 5.92 Å². The number of amides is 1. The predicted octanol–water partition coefficient (Wildman–Crippen LogP) is 4.19. The number of benzene rings is 2. The smallest absolute Gasteiger partial charge is 0.407 e. The number of hydrogen-bond acceptors (Lipinski definition) is 6. The maximum absolute atomic E-state index is 12.6. The molecule has 1 amide bonds. The maximum Gasteiger partial charge on any atom is 0.407 e. The largest absolute Gasteiger partial charge is 0.478 e. The average Bonchev–Trinajstić information content (AvgIpc) is 2.80. The third kappa shape index (κ3) is 5.83. The van der Waals surface area contributed by atoms with E-state index in [2.05, 4.69) is 24.1 Å². The van der Waals surface area contributed by atoms with Crippen LogP contribution in [0.15, 0.2) is 42.5 Å². The molecule has 2 aromatic carbocycles. The number of carbonyl (C=O) groups excluding carboxylic acids is 2. The van der Waals surface area contributed by atoms with E-state index in [1.165, 1.54) is 12.1 Å². The lowest BCUT2D eigenvalue weighted by Gasteiger charge is -2.31. The molecule has 2 aromatic rings. The molecular weight excluding hydrogens is 424 g/mol. The average molecular weight is 455 g/mol. The van der Waals surface area contributed by atoms with Crippen molar-refractivity contribution in [2.45, 2.75) is 39.7 Å². The summed E-state index contributed by atoms with van der Waals surface area (Å²) in [7, 11) is 0. The molecule has 0 radical (unpaired) electrons. The van der Waals surface area contributed by atoms with Crippen molar-refractivity contribution in [3.8, 4) is 5.75 Å². The number of ether oxygens (including phenoxy) is 2. The molecule has 0 saturated carbocycles. The Labute approximate surface area is 193 Å². The third-order valence-corrected chi connectivity index (χ3v) is 6.03. The van der Waals surface area contributed by atoms with Crippen LogP contribution in [0.4, 0.5) is 10.5 Å². The van der Waals surface area contributed by atoms with E-state index in [0.29, 0.717) is 12.2 Å². The van der Waals surface area contributed by atoms with E-state index in [0.717, 1.165) is 29.9 Å². The van der Waals surface area contributed by atoms with Gasteiger partial charge in [-0.25, -0.2) is 9.59 Å². The highest BCUT2D eigenvalue weighted by atomic mass is 16.6. The van der Waals surface area contributed by atoms with Crippen molar-refractivity contribution in [2.75, 3.05) is 24.6 Å². The summed E-state index contributed by atoms with van der Waals surface area (Å²) in [4.78, 5) is 37.7. The summed E-state index contributed by atoms with van der Waals surface area (Å²) in [5.74, 6) is -1.16. The first-order valence-electron chi connectivity index (χ1n) is 11.2. The predicted molar refractivity (Wildman–Crippen MR) is 124 cm³/mol. The molecule has 0 bridgehead atoms. The van der Waals surface area contributed by atoms with E-state index in [4.69, 9.17) is 14.6 Å². The van der Waals surface area contributed by atoms with Crippen LogP contribution in [0.5, 0.6) is 5.75 Å². The van der Waals surface area contributed by atoms with Crippen LogP contribution in [-0.4, -0.2) is 42.8 Å². The second kappa shape index (κ2) is 10.8. The number of nitrogens with one attached hydrogen (secondary N) is 1. The lowest BCUT2D eigenvalue weighted by Crippen LogP contribution is -2.32. The summed E-state index contributed by atoms with van der Waals surface area (Å²) in [6, 6.07) is 12.2. The van der Waals surface area contributed by atoms with E-state index < -0.39 is 18.0 Å². The molecule has 1 aliphatic rings. The van der Waals surface area contributed by atoms with Crippen molar-refractivity contribution >= 4 is 23.7 Å². The zero-order valence-electron chi connectivity index (χ0n) is 19.2. The Morgan fingerprint density at radius 3 is 2.45 bits per heavy atom. The van der Waals surface area contributed by atoms with E-state index in [-0.39, 0.29) is 30.6 Å². The van der Waals surface area contributed by atoms with Gasteiger partial charge >= 0.3 is 18.0 Å². The molecule has 2 N–H and O–H groups in total. The number of hydrogen-bond donors (Lipinski definition) is 2. The Bertz CT molecular complexity index is 1000. The molecule has 0 saturated heterocycles. The minimum absolute atomic E-state index is 0.0496. The van der Waals surface area contributed by atoms with Crippen LogP contribution in [0.3, 0.4) is 0 Å². The molecule has 0 aromatic heterocycles. The highest BCUT2D eigenvalue weighted by Gasteiger charge is 2.35. The van der Waals surface area contributed by atoms with Crippen LogP contribution in [-0.2, 0) is 16.1 Å². The highest BCUT2D eigenvalue weighted by Crippen LogP contribution is 2.40. The van der Waals surface area contributed by atoms with Gasteiger partial charge in [0, 0.05) is 31.4 Å². The minimum Gasteiger partial charge on any atom is -0.478 e. The Morgan fingerprint density at radius 2 is 1.82 bits per heavy atom. The van der Waals surface area contributed by atoms with Crippen molar-refractivity contribution in [2.24, 2.45) is 5.92 Å². The number of fused-ring (bicyclic) bond motifs is 1. The summed E-state index contributed by atoms with van der Waals surface area (Å²) in [6.45, 7) is 8.19. The van der Waals surface area contributed by atoms with Crippen LogP contribution in [0.2, 0.25) is 0 Å². The first kappa shape index (κ1) is 24.1. The van der Waals surface area contributed by atoms with E-state index in [1.807, 2.05) is 25.1 Å². The Morgan fingerprint density at radius 1 is 1.12 bits per heavy atom. The lowest BCUT2D eigenvalue weighted by atomic mass is 9.83. The Balaban J connectivity index is 1.50. The van der Waals surface area contributed by atoms with Gasteiger partial charge in [0.15, 0.2) is 0 Å². The van der Waals surface area contributed by atoms with E-state index in [1.54, 1.807) is 12.1 Å². The fraction of sp³-hybridized carbons (Fsp3) is 0.400. The molecule has 2 atom stereocenters. The van der Waals surface area contributed by atoms with E-state index >= 15 is 0 Å². The summed E-state index contributed by atoms with van der Waals surface area (Å²) in [6.07, 6.45) is -0.240. The van der Waals surface area contributed by atoms with Gasteiger partial charge in [0.1, 0.15) is 5.75 Å². The molecule has 2 unspecified atom stereocenters. The Hall–Kier alpha value is -3.55. The molecule has 8 heteroatoms. The first-order chi connectivity index (χ1) is 15.8. The lowest BCUT2D eigenvalue weighted by molar-refractivity contribution is -0.141. The number of alkyl carbamates (subject to hydrolysis) is 1. The second-order valence-electron chi connectivity index (χ2n) is 7.99. The van der Waals surface area contributed by atoms with Crippen molar-refractivity contribution in [1.29, 1.82) is 0 Å². The third-order valence-electron chi connectivity index (χ3n) is 6.03. The summed E-state index contributed by atoms with van der Waals surface area (Å²) in [5, 5.41) is 11.5. The van der Waals surface area contributed by atoms with Gasteiger partial charge in [-0.05, 0) is 55.5 Å². The standard InChI is InChI=1S/C25H30N2O6/c1-4-27(5-2)19-10-11-20-16(3)21(24(30)33-22(20)14-19)12-13-32-25(31)26-15-17-6-8-18(9-7-17)23(28)29/h6-11,14,16,21H,4-5,12-13,15H2,1-3H3,(H,26,31)(H,28,29). The molecule has 0 fully saturated rings. The molecule has 0 spiro atoms. The normalized spacial score (nSPS) is 17.0. The number of aromatic carboxylic acids is 1. The number of rotatable bonds is 9. The Kier molecular flexibility index (Phi) is 7.92. The van der Waals surface area contributed by atoms with Crippen molar-refractivity contribution in [3.63, 3.8) is 0 Å². The number of anilines is 1. The van der Waals surface area contributed by atoms with Gasteiger partial charge in [-0.15, -0.1) is 0 Å². The minimum atomic E-state index is -1.00. The van der Waals surface area contributed by atoms with Crippen LogP contribution < -0.4 is 15.0 Å². The number of carbonyl (C=O) groups is 3. The topological polar surface area (TPSA) is 105 Å². The molecular formula is C25H30N2O6. The molecule has 1 heterocycles. The second-order valence-corrected chi connectivity index (χ2v) is 7.99. The number of carboxylic acids is 1. The molecule has 1 aliphatic heterocycles. The summed E-state index contributed by atoms with van der Waals surface area (Å²) >= 11 is 0. The maximum atomic E-state index is 12.6. The summed E-state index contributed by atoms with van der Waals surface area (Å²) in [5.41, 5.74) is 2.93. The monoisotopic (exact) mass is 454 g/mol. The fourth-order valence-corrected chi connectivity index (χ4v) is 4.01. The van der Waals surface area contributed by atoms with Gasteiger partial charge in [0.2, 0.25) is 0 Å².